The zero-order chi connectivity index (χ0) is 23.8. The Kier molecular flexibility index (Phi) is 7.68. The van der Waals surface area contributed by atoms with Crippen LogP contribution in [0.25, 0.3) is 6.08 Å². The topological polar surface area (TPSA) is 109 Å². The fourth-order valence-corrected chi connectivity index (χ4v) is 3.21. The highest BCUT2D eigenvalue weighted by atomic mass is 35.5. The quantitative estimate of drug-likeness (QED) is 0.353. The average molecular weight is 463 g/mol. The van der Waals surface area contributed by atoms with Gasteiger partial charge in [-0.25, -0.2) is 4.79 Å². The van der Waals surface area contributed by atoms with E-state index in [4.69, 9.17) is 26.2 Å². The lowest BCUT2D eigenvalue weighted by Gasteiger charge is -2.13. The van der Waals surface area contributed by atoms with E-state index < -0.39 is 11.9 Å². The Bertz CT molecular complexity index is 1250. The highest BCUT2D eigenvalue weighted by Crippen LogP contribution is 2.37. The number of halogens is 1. The normalized spacial score (nSPS) is 10.8. The number of hydrogen-bond acceptors (Lipinski definition) is 5. The predicted molar refractivity (Wildman–Crippen MR) is 124 cm³/mol. The van der Waals surface area contributed by atoms with Crippen LogP contribution in [-0.2, 0) is 11.4 Å². The maximum Gasteiger partial charge on any atom is 0.335 e. The smallest absolute Gasteiger partial charge is 0.335 e. The number of nitrogens with one attached hydrogen (secondary N) is 1. The minimum absolute atomic E-state index is 0.0119. The van der Waals surface area contributed by atoms with E-state index in [0.29, 0.717) is 17.1 Å². The van der Waals surface area contributed by atoms with E-state index in [1.807, 2.05) is 36.4 Å². The number of nitrogens with zero attached hydrogens (tertiary/aromatic N) is 1. The van der Waals surface area contributed by atoms with Crippen LogP contribution in [0, 0.1) is 11.3 Å². The van der Waals surface area contributed by atoms with Crippen molar-refractivity contribution in [1.82, 2.24) is 0 Å². The van der Waals surface area contributed by atoms with Crippen molar-refractivity contribution < 1.29 is 24.2 Å². The second-order valence-electron chi connectivity index (χ2n) is 6.82. The predicted octanol–water partition coefficient (Wildman–Crippen LogP) is 5.17. The number of ether oxygens (including phenoxy) is 2. The van der Waals surface area contributed by atoms with E-state index in [0.717, 1.165) is 5.56 Å². The van der Waals surface area contributed by atoms with Gasteiger partial charge in [-0.3, -0.25) is 4.79 Å². The Morgan fingerprint density at radius 1 is 1.12 bits per heavy atom. The second kappa shape index (κ2) is 10.8. The summed E-state index contributed by atoms with van der Waals surface area (Å²) in [5.41, 5.74) is 1.47. The van der Waals surface area contributed by atoms with Crippen LogP contribution in [0.5, 0.6) is 11.5 Å². The van der Waals surface area contributed by atoms with E-state index in [1.54, 1.807) is 12.1 Å². The van der Waals surface area contributed by atoms with Gasteiger partial charge in [0.2, 0.25) is 0 Å². The van der Waals surface area contributed by atoms with Gasteiger partial charge in [-0.1, -0.05) is 48.0 Å². The third-order valence-corrected chi connectivity index (χ3v) is 4.80. The molecule has 0 atom stereocenters. The van der Waals surface area contributed by atoms with Crippen LogP contribution in [-0.4, -0.2) is 24.1 Å². The Morgan fingerprint density at radius 3 is 2.55 bits per heavy atom. The number of carbonyl (C=O) groups is 2. The standard InChI is InChI=1S/C25H19ClN2O5/c1-32-22-12-17(11-21(26)23(22)33-15-16-6-3-2-4-7-16)10-19(14-27)24(29)28-20-9-5-8-18(13-20)25(30)31/h2-13H,15H2,1H3,(H,28,29)(H,30,31)/b19-10-. The number of amides is 1. The first-order valence-electron chi connectivity index (χ1n) is 9.72. The van der Waals surface area contributed by atoms with Crippen LogP contribution in [0.3, 0.4) is 0 Å². The fourth-order valence-electron chi connectivity index (χ4n) is 2.94. The molecule has 0 saturated carbocycles. The molecule has 0 unspecified atom stereocenters. The third kappa shape index (κ3) is 6.12. The van der Waals surface area contributed by atoms with Crippen molar-refractivity contribution in [2.45, 2.75) is 6.61 Å². The number of methoxy groups -OCH3 is 1. The molecule has 0 aliphatic rings. The van der Waals surface area contributed by atoms with Crippen molar-refractivity contribution in [3.8, 4) is 17.6 Å². The van der Waals surface area contributed by atoms with Crippen molar-refractivity contribution in [3.05, 3.63) is 94.0 Å². The van der Waals surface area contributed by atoms with Gasteiger partial charge in [-0.05, 0) is 47.5 Å². The molecule has 3 rings (SSSR count). The van der Waals surface area contributed by atoms with E-state index in [9.17, 15) is 14.9 Å². The zero-order valence-electron chi connectivity index (χ0n) is 17.5. The number of carboxylic acids is 1. The largest absolute Gasteiger partial charge is 0.493 e. The van der Waals surface area contributed by atoms with Gasteiger partial charge < -0.3 is 19.9 Å². The lowest BCUT2D eigenvalue weighted by Crippen LogP contribution is -2.14. The van der Waals surface area contributed by atoms with Crippen molar-refractivity contribution in [1.29, 1.82) is 5.26 Å². The highest BCUT2D eigenvalue weighted by molar-refractivity contribution is 6.32. The molecule has 2 N–H and O–H groups in total. The summed E-state index contributed by atoms with van der Waals surface area (Å²) in [4.78, 5) is 23.7. The molecule has 7 nitrogen and oxygen atoms in total. The molecule has 0 saturated heterocycles. The second-order valence-corrected chi connectivity index (χ2v) is 7.23. The fraction of sp³-hybridized carbons (Fsp3) is 0.0800. The highest BCUT2D eigenvalue weighted by Gasteiger charge is 2.15. The molecule has 1 amide bonds. The maximum absolute atomic E-state index is 12.6. The van der Waals surface area contributed by atoms with Crippen molar-refractivity contribution in [2.24, 2.45) is 0 Å². The Morgan fingerprint density at radius 2 is 1.88 bits per heavy atom. The minimum Gasteiger partial charge on any atom is -0.493 e. The number of nitriles is 1. The molecule has 0 aliphatic carbocycles. The first kappa shape index (κ1) is 23.4. The first-order chi connectivity index (χ1) is 15.9. The third-order valence-electron chi connectivity index (χ3n) is 4.52. The molecule has 0 aromatic heterocycles. The molecule has 3 aromatic carbocycles. The van der Waals surface area contributed by atoms with Gasteiger partial charge in [0.25, 0.3) is 5.91 Å². The van der Waals surface area contributed by atoms with E-state index in [-0.39, 0.29) is 28.5 Å². The Balaban J connectivity index is 1.82. The molecule has 0 aliphatic heterocycles. The number of carbonyl (C=O) groups excluding carboxylic acids is 1. The van der Waals surface area contributed by atoms with E-state index >= 15 is 0 Å². The van der Waals surface area contributed by atoms with E-state index in [2.05, 4.69) is 5.32 Å². The van der Waals surface area contributed by atoms with Crippen LogP contribution in [0.4, 0.5) is 5.69 Å². The summed E-state index contributed by atoms with van der Waals surface area (Å²) in [5, 5.41) is 21.3. The van der Waals surface area contributed by atoms with E-state index in [1.165, 1.54) is 37.5 Å². The summed E-state index contributed by atoms with van der Waals surface area (Å²) in [7, 11) is 1.46. The molecule has 0 bridgehead atoms. The molecular weight excluding hydrogens is 444 g/mol. The van der Waals surface area contributed by atoms with Crippen molar-refractivity contribution in [3.63, 3.8) is 0 Å². The Hall–Kier alpha value is -4.28. The molecule has 3 aromatic rings. The lowest BCUT2D eigenvalue weighted by molar-refractivity contribution is -0.112. The van der Waals surface area contributed by atoms with Gasteiger partial charge in [0.1, 0.15) is 18.2 Å². The first-order valence-corrected chi connectivity index (χ1v) is 10.1. The number of benzene rings is 3. The summed E-state index contributed by atoms with van der Waals surface area (Å²) in [6, 6.07) is 20.3. The molecule has 8 heteroatoms. The molecule has 33 heavy (non-hydrogen) atoms. The van der Waals surface area contributed by atoms with Crippen molar-refractivity contribution in [2.75, 3.05) is 12.4 Å². The minimum atomic E-state index is -1.13. The maximum atomic E-state index is 12.6. The van der Waals surface area contributed by atoms with Gasteiger partial charge in [0.15, 0.2) is 11.5 Å². The van der Waals surface area contributed by atoms with Crippen molar-refractivity contribution >= 4 is 35.2 Å². The number of carboxylic acid groups (broad SMARTS) is 1. The number of aromatic carboxylic acids is 1. The lowest BCUT2D eigenvalue weighted by atomic mass is 10.1. The Labute approximate surface area is 195 Å². The SMILES string of the molecule is COc1cc(/C=C(/C#N)C(=O)Nc2cccc(C(=O)O)c2)cc(Cl)c1OCc1ccccc1. The molecule has 0 heterocycles. The average Bonchev–Trinajstić information content (AvgIpc) is 2.82. The monoisotopic (exact) mass is 462 g/mol. The van der Waals surface area contributed by atoms with Gasteiger partial charge in [-0.15, -0.1) is 0 Å². The van der Waals surface area contributed by atoms with Gasteiger partial charge >= 0.3 is 5.97 Å². The van der Waals surface area contributed by atoms with Crippen LogP contribution in [0.15, 0.2) is 72.3 Å². The summed E-state index contributed by atoms with van der Waals surface area (Å²) >= 11 is 6.39. The number of anilines is 1. The van der Waals surface area contributed by atoms with Crippen LogP contribution in [0.1, 0.15) is 21.5 Å². The molecular formula is C25H19ClN2O5. The summed E-state index contributed by atoms with van der Waals surface area (Å²) < 4.78 is 11.2. The van der Waals surface area contributed by atoms with Crippen LogP contribution >= 0.6 is 11.6 Å². The van der Waals surface area contributed by atoms with Gasteiger partial charge in [0, 0.05) is 5.69 Å². The molecule has 166 valence electrons. The van der Waals surface area contributed by atoms with Crippen LogP contribution in [0.2, 0.25) is 5.02 Å². The summed E-state index contributed by atoms with van der Waals surface area (Å²) in [5.74, 6) is -1.14. The van der Waals surface area contributed by atoms with Gasteiger partial charge in [0.05, 0.1) is 17.7 Å². The van der Waals surface area contributed by atoms with Crippen LogP contribution < -0.4 is 14.8 Å². The molecule has 0 spiro atoms. The van der Waals surface area contributed by atoms with Gasteiger partial charge in [-0.2, -0.15) is 5.26 Å². The number of rotatable bonds is 8. The zero-order valence-corrected chi connectivity index (χ0v) is 18.3. The molecule has 0 radical (unpaired) electrons. The summed E-state index contributed by atoms with van der Waals surface area (Å²) in [6.45, 7) is 0.285. The summed E-state index contributed by atoms with van der Waals surface area (Å²) in [6.07, 6.45) is 1.35. The number of hydrogen-bond donors (Lipinski definition) is 2. The molecule has 0 fully saturated rings.